The van der Waals surface area contributed by atoms with Crippen molar-refractivity contribution in [3.63, 3.8) is 0 Å². The fourth-order valence-corrected chi connectivity index (χ4v) is 2.10. The van der Waals surface area contributed by atoms with Crippen LogP contribution in [0.5, 0.6) is 0 Å². The zero-order valence-electron chi connectivity index (χ0n) is 8.36. The van der Waals surface area contributed by atoms with E-state index in [0.717, 1.165) is 32.1 Å². The topological polar surface area (TPSA) is 24.1 Å². The maximum atomic E-state index is 5.91. The monoisotopic (exact) mass is 236 g/mol. The number of rotatable bonds is 7. The summed E-state index contributed by atoms with van der Waals surface area (Å²) in [7, 11) is 0. The summed E-state index contributed by atoms with van der Waals surface area (Å²) in [5.74, 6) is 0.474. The van der Waals surface area contributed by atoms with Gasteiger partial charge < -0.3 is 10.6 Å². The van der Waals surface area contributed by atoms with Gasteiger partial charge in [-0.05, 0) is 38.8 Å². The van der Waals surface area contributed by atoms with Crippen LogP contribution in [0, 0.1) is 5.92 Å². The highest BCUT2D eigenvalue weighted by Gasteiger charge is 2.50. The van der Waals surface area contributed by atoms with Gasteiger partial charge in [-0.1, -0.05) is 0 Å². The van der Waals surface area contributed by atoms with Crippen LogP contribution in [0.15, 0.2) is 0 Å². The third-order valence-corrected chi connectivity index (χ3v) is 3.81. The van der Waals surface area contributed by atoms with Crippen LogP contribution in [-0.2, 0) is 0 Å². The van der Waals surface area contributed by atoms with Crippen LogP contribution >= 0.6 is 23.2 Å². The molecule has 0 bridgehead atoms. The highest BCUT2D eigenvalue weighted by molar-refractivity contribution is 6.50. The van der Waals surface area contributed by atoms with Crippen LogP contribution in [0.3, 0.4) is 0 Å². The van der Waals surface area contributed by atoms with Gasteiger partial charge in [0.2, 0.25) is 0 Å². The van der Waals surface area contributed by atoms with Crippen LogP contribution in [0.25, 0.3) is 0 Å². The molecular weight excluding hydrogens is 219 g/mol. The van der Waals surface area contributed by atoms with Crippen molar-refractivity contribution < 1.29 is 0 Å². The first-order valence-electron chi connectivity index (χ1n) is 5.50. The molecule has 2 aliphatic rings. The predicted octanol–water partition coefficient (Wildman–Crippen LogP) is 1.91. The fourth-order valence-electron chi connectivity index (χ4n) is 1.57. The summed E-state index contributed by atoms with van der Waals surface area (Å²) in [4.78, 5) is 0. The van der Waals surface area contributed by atoms with E-state index in [2.05, 4.69) is 10.6 Å². The van der Waals surface area contributed by atoms with Crippen LogP contribution in [0.2, 0.25) is 0 Å². The van der Waals surface area contributed by atoms with E-state index in [1.807, 2.05) is 0 Å². The average Bonchev–Trinajstić information content (AvgIpc) is 2.98. The Bertz CT molecular complexity index is 193. The Balaban J connectivity index is 1.36. The summed E-state index contributed by atoms with van der Waals surface area (Å²) in [6.07, 6.45) is 4.89. The molecule has 0 spiro atoms. The van der Waals surface area contributed by atoms with Gasteiger partial charge in [-0.15, -0.1) is 23.2 Å². The SMILES string of the molecule is ClC1(Cl)CC1CNCCCNC1CC1. The number of hydrogen-bond acceptors (Lipinski definition) is 2. The molecular formula is C10H18Cl2N2. The molecule has 0 heterocycles. The summed E-state index contributed by atoms with van der Waals surface area (Å²) >= 11 is 11.8. The number of alkyl halides is 2. The van der Waals surface area contributed by atoms with Crippen molar-refractivity contribution in [3.05, 3.63) is 0 Å². The minimum Gasteiger partial charge on any atom is -0.316 e. The van der Waals surface area contributed by atoms with Gasteiger partial charge in [-0.2, -0.15) is 0 Å². The van der Waals surface area contributed by atoms with E-state index in [9.17, 15) is 0 Å². The highest BCUT2D eigenvalue weighted by Crippen LogP contribution is 2.52. The van der Waals surface area contributed by atoms with Gasteiger partial charge in [-0.3, -0.25) is 0 Å². The normalized spacial score (nSPS) is 29.1. The molecule has 1 unspecified atom stereocenters. The molecule has 0 saturated heterocycles. The summed E-state index contributed by atoms with van der Waals surface area (Å²) in [5.41, 5.74) is 0. The lowest BCUT2D eigenvalue weighted by Crippen LogP contribution is -2.25. The van der Waals surface area contributed by atoms with Crippen molar-refractivity contribution >= 4 is 23.2 Å². The molecule has 0 aromatic rings. The molecule has 0 aromatic heterocycles. The molecule has 0 radical (unpaired) electrons. The third kappa shape index (κ3) is 3.58. The molecule has 2 nitrogen and oxygen atoms in total. The molecule has 0 aliphatic heterocycles. The van der Waals surface area contributed by atoms with Gasteiger partial charge in [0.05, 0.1) is 0 Å². The lowest BCUT2D eigenvalue weighted by molar-refractivity contribution is 0.575. The standard InChI is InChI=1S/C10H18Cl2N2/c11-10(12)6-8(10)7-13-4-1-5-14-9-2-3-9/h8-9,13-14H,1-7H2. The van der Waals surface area contributed by atoms with Gasteiger partial charge in [0.1, 0.15) is 4.33 Å². The first-order chi connectivity index (χ1) is 6.68. The van der Waals surface area contributed by atoms with Gasteiger partial charge in [0.15, 0.2) is 0 Å². The highest BCUT2D eigenvalue weighted by atomic mass is 35.5. The third-order valence-electron chi connectivity index (χ3n) is 2.89. The van der Waals surface area contributed by atoms with E-state index < -0.39 is 4.33 Å². The van der Waals surface area contributed by atoms with E-state index in [0.29, 0.717) is 5.92 Å². The van der Waals surface area contributed by atoms with E-state index >= 15 is 0 Å². The number of halogens is 2. The Morgan fingerprint density at radius 2 is 1.93 bits per heavy atom. The van der Waals surface area contributed by atoms with Crippen molar-refractivity contribution in [2.45, 2.75) is 36.1 Å². The molecule has 14 heavy (non-hydrogen) atoms. The molecule has 2 aliphatic carbocycles. The Hall–Kier alpha value is 0.500. The van der Waals surface area contributed by atoms with Crippen LogP contribution in [-0.4, -0.2) is 30.0 Å². The molecule has 2 saturated carbocycles. The number of nitrogens with one attached hydrogen (secondary N) is 2. The van der Waals surface area contributed by atoms with Crippen molar-refractivity contribution in [3.8, 4) is 0 Å². The summed E-state index contributed by atoms with van der Waals surface area (Å²) in [6.45, 7) is 3.17. The second-order valence-corrected chi connectivity index (χ2v) is 5.99. The maximum Gasteiger partial charge on any atom is 0.122 e. The lowest BCUT2D eigenvalue weighted by atomic mass is 10.3. The van der Waals surface area contributed by atoms with Gasteiger partial charge in [-0.25, -0.2) is 0 Å². The summed E-state index contributed by atoms with van der Waals surface area (Å²) in [6, 6.07) is 0.830. The molecule has 2 N–H and O–H groups in total. The second-order valence-electron chi connectivity index (χ2n) is 4.45. The smallest absolute Gasteiger partial charge is 0.122 e. The summed E-state index contributed by atoms with van der Waals surface area (Å²) in [5, 5.41) is 6.87. The van der Waals surface area contributed by atoms with E-state index in [-0.39, 0.29) is 0 Å². The molecule has 0 amide bonds. The van der Waals surface area contributed by atoms with Crippen molar-refractivity contribution in [1.82, 2.24) is 10.6 Å². The Morgan fingerprint density at radius 1 is 1.21 bits per heavy atom. The van der Waals surface area contributed by atoms with Crippen molar-refractivity contribution in [2.75, 3.05) is 19.6 Å². The van der Waals surface area contributed by atoms with Gasteiger partial charge >= 0.3 is 0 Å². The van der Waals surface area contributed by atoms with E-state index in [1.165, 1.54) is 19.3 Å². The van der Waals surface area contributed by atoms with E-state index in [1.54, 1.807) is 0 Å². The van der Waals surface area contributed by atoms with Crippen LogP contribution in [0.1, 0.15) is 25.7 Å². The largest absolute Gasteiger partial charge is 0.316 e. The maximum absolute atomic E-state index is 5.91. The molecule has 82 valence electrons. The van der Waals surface area contributed by atoms with E-state index in [4.69, 9.17) is 23.2 Å². The van der Waals surface area contributed by atoms with Crippen LogP contribution < -0.4 is 10.6 Å². The quantitative estimate of drug-likeness (QED) is 0.522. The predicted molar refractivity (Wildman–Crippen MR) is 61.1 cm³/mol. The molecule has 4 heteroatoms. The average molecular weight is 237 g/mol. The fraction of sp³-hybridized carbons (Fsp3) is 1.00. The molecule has 1 atom stereocenters. The first-order valence-corrected chi connectivity index (χ1v) is 6.26. The van der Waals surface area contributed by atoms with Crippen LogP contribution in [0.4, 0.5) is 0 Å². The summed E-state index contributed by atoms with van der Waals surface area (Å²) < 4.78 is -0.417. The zero-order valence-corrected chi connectivity index (χ0v) is 9.87. The minimum absolute atomic E-state index is 0.417. The zero-order chi connectivity index (χ0) is 10.0. The second kappa shape index (κ2) is 4.56. The Kier molecular flexibility index (Phi) is 3.59. The van der Waals surface area contributed by atoms with Crippen molar-refractivity contribution in [1.29, 1.82) is 0 Å². The van der Waals surface area contributed by atoms with Gasteiger partial charge in [0, 0.05) is 18.5 Å². The molecule has 2 fully saturated rings. The Morgan fingerprint density at radius 3 is 2.50 bits per heavy atom. The number of hydrogen-bond donors (Lipinski definition) is 2. The Labute approximate surface area is 95.7 Å². The van der Waals surface area contributed by atoms with Crippen molar-refractivity contribution in [2.24, 2.45) is 5.92 Å². The molecule has 0 aromatic carbocycles. The molecule has 2 rings (SSSR count). The lowest BCUT2D eigenvalue weighted by Gasteiger charge is -2.05. The first kappa shape index (κ1) is 11.0. The minimum atomic E-state index is -0.417. The van der Waals surface area contributed by atoms with Gasteiger partial charge in [0.25, 0.3) is 0 Å².